The summed E-state index contributed by atoms with van der Waals surface area (Å²) in [6, 6.07) is 11.1. The van der Waals surface area contributed by atoms with Crippen LogP contribution in [0.4, 0.5) is 0 Å². The lowest BCUT2D eigenvalue weighted by Gasteiger charge is -2.10. The Labute approximate surface area is 203 Å². The topological polar surface area (TPSA) is 124 Å². The summed E-state index contributed by atoms with van der Waals surface area (Å²) in [5.74, 6) is -2.90. The average Bonchev–Trinajstić information content (AvgIpc) is 3.28. The second kappa shape index (κ2) is 10.0. The fourth-order valence-electron chi connectivity index (χ4n) is 3.65. The molecule has 10 nitrogen and oxygen atoms in total. The van der Waals surface area contributed by atoms with Crippen molar-refractivity contribution < 1.29 is 33.4 Å². The molecule has 3 aromatic rings. The zero-order chi connectivity index (χ0) is 25.1. The molecule has 4 rings (SSSR count). The van der Waals surface area contributed by atoms with Gasteiger partial charge in [-0.3, -0.25) is 24.1 Å². The normalized spacial score (nSPS) is 13.3. The molecule has 35 heavy (non-hydrogen) atoms. The second-order valence-corrected chi connectivity index (χ2v) is 8.44. The molecule has 1 aliphatic heterocycles. The number of hydrogen-bond acceptors (Lipinski definition) is 8. The van der Waals surface area contributed by atoms with Crippen LogP contribution in [0.2, 0.25) is 0 Å². The number of imide groups is 1. The van der Waals surface area contributed by atoms with E-state index in [1.807, 2.05) is 0 Å². The van der Waals surface area contributed by atoms with Crippen LogP contribution < -0.4 is 4.80 Å². The van der Waals surface area contributed by atoms with E-state index in [0.29, 0.717) is 15.8 Å². The summed E-state index contributed by atoms with van der Waals surface area (Å²) in [7, 11) is 0. The third-order valence-electron chi connectivity index (χ3n) is 5.18. The zero-order valence-electron chi connectivity index (χ0n) is 19.0. The Morgan fingerprint density at radius 1 is 0.914 bits per heavy atom. The smallest absolute Gasteiger partial charge is 0.338 e. The number of carbonyl (C=O) groups is 5. The van der Waals surface area contributed by atoms with Crippen molar-refractivity contribution in [3.63, 3.8) is 0 Å². The van der Waals surface area contributed by atoms with Crippen LogP contribution in [0, 0.1) is 0 Å². The molecule has 0 atom stereocenters. The summed E-state index contributed by atoms with van der Waals surface area (Å²) in [6.07, 6.45) is 0. The summed E-state index contributed by atoms with van der Waals surface area (Å²) >= 11 is 1.08. The molecule has 0 saturated heterocycles. The van der Waals surface area contributed by atoms with Gasteiger partial charge in [0.05, 0.1) is 40.1 Å². The first kappa shape index (κ1) is 24.0. The van der Waals surface area contributed by atoms with Crippen molar-refractivity contribution in [1.82, 2.24) is 9.47 Å². The largest absolute Gasteiger partial charge is 0.465 e. The van der Waals surface area contributed by atoms with Gasteiger partial charge < -0.3 is 14.0 Å². The predicted octanol–water partition coefficient (Wildman–Crippen LogP) is 2.17. The fraction of sp³-hybridized carbons (Fsp3) is 0.250. The van der Waals surface area contributed by atoms with Gasteiger partial charge in [0.25, 0.3) is 17.7 Å². The van der Waals surface area contributed by atoms with E-state index >= 15 is 0 Å². The van der Waals surface area contributed by atoms with Gasteiger partial charge in [-0.15, -0.1) is 0 Å². The maximum atomic E-state index is 12.8. The molecular formula is C24H21N3O7S. The molecule has 11 heteroatoms. The van der Waals surface area contributed by atoms with Crippen LogP contribution in [0.1, 0.15) is 44.9 Å². The molecule has 1 aromatic heterocycles. The number of carbonyl (C=O) groups excluding carboxylic acids is 5. The molecule has 180 valence electrons. The van der Waals surface area contributed by atoms with Crippen LogP contribution in [0.3, 0.4) is 0 Å². The highest BCUT2D eigenvalue weighted by Gasteiger charge is 2.36. The zero-order valence-corrected chi connectivity index (χ0v) is 19.8. The van der Waals surface area contributed by atoms with Crippen molar-refractivity contribution >= 4 is 51.2 Å². The first-order valence-electron chi connectivity index (χ1n) is 10.8. The highest BCUT2D eigenvalue weighted by Crippen LogP contribution is 2.23. The van der Waals surface area contributed by atoms with Gasteiger partial charge in [0.1, 0.15) is 13.1 Å². The summed E-state index contributed by atoms with van der Waals surface area (Å²) in [5, 5.41) is 0. The number of aromatic nitrogens is 1. The lowest BCUT2D eigenvalue weighted by atomic mass is 10.1. The Bertz CT molecular complexity index is 1400. The molecular weight excluding hydrogens is 474 g/mol. The predicted molar refractivity (Wildman–Crippen MR) is 125 cm³/mol. The molecule has 0 bridgehead atoms. The minimum Gasteiger partial charge on any atom is -0.465 e. The molecule has 3 amide bonds. The van der Waals surface area contributed by atoms with E-state index < -0.39 is 36.2 Å². The number of fused-ring (bicyclic) bond motifs is 2. The highest BCUT2D eigenvalue weighted by atomic mass is 32.1. The van der Waals surface area contributed by atoms with E-state index in [2.05, 4.69) is 4.99 Å². The van der Waals surface area contributed by atoms with Crippen molar-refractivity contribution in [2.75, 3.05) is 19.8 Å². The SMILES string of the molecule is CCOC(=O)Cn1c(=NC(=O)CN2C(=O)c3ccccc3C2=O)sc2cc(C(=O)OCC)ccc21. The van der Waals surface area contributed by atoms with Gasteiger partial charge in [0.15, 0.2) is 4.80 Å². The molecule has 2 heterocycles. The minimum atomic E-state index is -0.741. The lowest BCUT2D eigenvalue weighted by Crippen LogP contribution is -2.35. The van der Waals surface area contributed by atoms with E-state index in [0.717, 1.165) is 16.2 Å². The van der Waals surface area contributed by atoms with E-state index in [9.17, 15) is 24.0 Å². The Balaban J connectivity index is 1.69. The quantitative estimate of drug-likeness (QED) is 0.363. The number of esters is 2. The molecule has 0 N–H and O–H groups in total. The maximum Gasteiger partial charge on any atom is 0.338 e. The molecule has 0 saturated carbocycles. The van der Waals surface area contributed by atoms with Crippen molar-refractivity contribution in [3.8, 4) is 0 Å². The first-order chi connectivity index (χ1) is 16.8. The minimum absolute atomic E-state index is 0.163. The standard InChI is InChI=1S/C24H21N3O7S/c1-3-33-20(29)13-26-17-10-9-14(23(32)34-4-2)11-18(17)35-24(26)25-19(28)12-27-21(30)15-7-5-6-8-16(15)22(27)31/h5-11H,3-4,12-13H2,1-2H3. The molecule has 0 aliphatic carbocycles. The maximum absolute atomic E-state index is 12.8. The second-order valence-electron chi connectivity index (χ2n) is 7.43. The van der Waals surface area contributed by atoms with E-state index in [4.69, 9.17) is 9.47 Å². The Kier molecular flexibility index (Phi) is 6.87. The third kappa shape index (κ3) is 4.76. The monoisotopic (exact) mass is 495 g/mol. The van der Waals surface area contributed by atoms with Crippen LogP contribution in [-0.4, -0.2) is 58.9 Å². The molecule has 0 unspecified atom stereocenters. The molecule has 0 fully saturated rings. The molecule has 1 aliphatic rings. The van der Waals surface area contributed by atoms with Crippen molar-refractivity contribution in [2.45, 2.75) is 20.4 Å². The van der Waals surface area contributed by atoms with Crippen molar-refractivity contribution in [3.05, 3.63) is 64.0 Å². The highest BCUT2D eigenvalue weighted by molar-refractivity contribution is 7.16. The van der Waals surface area contributed by atoms with Crippen molar-refractivity contribution in [1.29, 1.82) is 0 Å². The van der Waals surface area contributed by atoms with Crippen molar-refractivity contribution in [2.24, 2.45) is 4.99 Å². The van der Waals surface area contributed by atoms with Gasteiger partial charge in [0.2, 0.25) is 0 Å². The first-order valence-corrected chi connectivity index (χ1v) is 11.6. The van der Waals surface area contributed by atoms with Crippen LogP contribution in [0.15, 0.2) is 47.5 Å². The number of amides is 3. The van der Waals surface area contributed by atoms with Gasteiger partial charge >= 0.3 is 11.9 Å². The van der Waals surface area contributed by atoms with Gasteiger partial charge in [-0.1, -0.05) is 23.5 Å². The van der Waals surface area contributed by atoms with Crippen LogP contribution in [-0.2, 0) is 25.6 Å². The number of nitrogens with zero attached hydrogens (tertiary/aromatic N) is 3. The summed E-state index contributed by atoms with van der Waals surface area (Å²) in [4.78, 5) is 67.4. The van der Waals surface area contributed by atoms with Crippen LogP contribution >= 0.6 is 11.3 Å². The number of thiazole rings is 1. The van der Waals surface area contributed by atoms with Gasteiger partial charge in [-0.05, 0) is 44.2 Å². The number of rotatable bonds is 7. The van der Waals surface area contributed by atoms with Gasteiger partial charge in [0, 0.05) is 0 Å². The third-order valence-corrected chi connectivity index (χ3v) is 6.22. The number of benzene rings is 2. The van der Waals surface area contributed by atoms with E-state index in [1.54, 1.807) is 44.2 Å². The number of ether oxygens (including phenoxy) is 2. The van der Waals surface area contributed by atoms with E-state index in [1.165, 1.54) is 16.7 Å². The average molecular weight is 496 g/mol. The Morgan fingerprint density at radius 3 is 2.20 bits per heavy atom. The van der Waals surface area contributed by atoms with E-state index in [-0.39, 0.29) is 35.7 Å². The Hall–Kier alpha value is -4.12. The lowest BCUT2D eigenvalue weighted by molar-refractivity contribution is -0.143. The van der Waals surface area contributed by atoms with Gasteiger partial charge in [-0.2, -0.15) is 4.99 Å². The molecule has 0 spiro atoms. The summed E-state index contributed by atoms with van der Waals surface area (Å²) < 4.78 is 12.2. The van der Waals surface area contributed by atoms with Crippen LogP contribution in [0.25, 0.3) is 10.2 Å². The van der Waals surface area contributed by atoms with Gasteiger partial charge in [-0.25, -0.2) is 4.79 Å². The fourth-order valence-corrected chi connectivity index (χ4v) is 4.73. The Morgan fingerprint density at radius 2 is 1.57 bits per heavy atom. The summed E-state index contributed by atoms with van der Waals surface area (Å²) in [6.45, 7) is 3.01. The molecule has 2 aromatic carbocycles. The number of hydrogen-bond donors (Lipinski definition) is 0. The summed E-state index contributed by atoms with van der Waals surface area (Å²) in [5.41, 5.74) is 1.34. The van der Waals surface area contributed by atoms with Crippen LogP contribution in [0.5, 0.6) is 0 Å². The molecule has 0 radical (unpaired) electrons.